The zero-order chi connectivity index (χ0) is 13.7. The fourth-order valence-electron chi connectivity index (χ4n) is 1.79. The van der Waals surface area contributed by atoms with Gasteiger partial charge in [0.25, 0.3) is 0 Å². The van der Waals surface area contributed by atoms with Crippen LogP contribution in [0.15, 0.2) is 36.7 Å². The first kappa shape index (κ1) is 16.1. The average Bonchev–Trinajstić information content (AvgIpc) is 2.46. The van der Waals surface area contributed by atoms with E-state index in [4.69, 9.17) is 5.11 Å². The van der Waals surface area contributed by atoms with E-state index in [2.05, 4.69) is 29.0 Å². The Morgan fingerprint density at radius 3 is 2.25 bits per heavy atom. The van der Waals surface area contributed by atoms with Gasteiger partial charge < -0.3 is 5.11 Å². The number of hydrogen-bond donors (Lipinski definition) is 1. The van der Waals surface area contributed by atoms with Gasteiger partial charge in [0.2, 0.25) is 0 Å². The number of halogens is 1. The Kier molecular flexibility index (Phi) is 6.12. The molecular formula is C15H17ClN2O2. The van der Waals surface area contributed by atoms with Crippen molar-refractivity contribution in [2.24, 2.45) is 0 Å². The number of carboxylic acids is 1. The van der Waals surface area contributed by atoms with Crippen molar-refractivity contribution in [3.63, 3.8) is 0 Å². The molecule has 0 aliphatic heterocycles. The minimum absolute atomic E-state index is 0. The van der Waals surface area contributed by atoms with Gasteiger partial charge in [-0.25, -0.2) is 14.8 Å². The van der Waals surface area contributed by atoms with Crippen molar-refractivity contribution in [3.8, 4) is 11.4 Å². The molecular weight excluding hydrogens is 276 g/mol. The Labute approximate surface area is 124 Å². The quantitative estimate of drug-likeness (QED) is 0.914. The highest BCUT2D eigenvalue weighted by atomic mass is 35.5. The van der Waals surface area contributed by atoms with Crippen molar-refractivity contribution >= 4 is 18.4 Å². The number of aryl methyl sites for hydroxylation is 1. The van der Waals surface area contributed by atoms with Crippen LogP contribution in [0.5, 0.6) is 0 Å². The van der Waals surface area contributed by atoms with Crippen LogP contribution >= 0.6 is 12.4 Å². The molecule has 1 heterocycles. The van der Waals surface area contributed by atoms with Crippen LogP contribution in [0.25, 0.3) is 11.4 Å². The third-order valence-corrected chi connectivity index (χ3v) is 2.93. The fourth-order valence-corrected chi connectivity index (χ4v) is 1.79. The number of unbranched alkanes of at least 4 members (excludes halogenated alkanes) is 1. The van der Waals surface area contributed by atoms with Gasteiger partial charge in [0.15, 0.2) is 5.82 Å². The molecule has 0 aliphatic rings. The molecule has 0 amide bonds. The number of nitrogens with zero attached hydrogens (tertiary/aromatic N) is 2. The van der Waals surface area contributed by atoms with Crippen LogP contribution in [-0.2, 0) is 6.42 Å². The summed E-state index contributed by atoms with van der Waals surface area (Å²) in [6.07, 6.45) is 6.10. The molecule has 0 aliphatic carbocycles. The molecule has 4 nitrogen and oxygen atoms in total. The smallest absolute Gasteiger partial charge is 0.338 e. The zero-order valence-corrected chi connectivity index (χ0v) is 12.1. The maximum atomic E-state index is 10.7. The van der Waals surface area contributed by atoms with Crippen LogP contribution in [0, 0.1) is 0 Å². The predicted molar refractivity (Wildman–Crippen MR) is 80.3 cm³/mol. The maximum absolute atomic E-state index is 10.7. The molecule has 2 rings (SSSR count). The summed E-state index contributed by atoms with van der Waals surface area (Å²) in [5.74, 6) is -0.464. The normalized spacial score (nSPS) is 9.85. The standard InChI is InChI=1S/C15H16N2O2.ClH/c1-2-3-4-11-5-7-12(8-6-11)14-16-9-13(10-17-14)15(18)19;/h5-10H,2-4H2,1H3,(H,18,19);1H. The minimum Gasteiger partial charge on any atom is -0.478 e. The zero-order valence-electron chi connectivity index (χ0n) is 11.2. The van der Waals surface area contributed by atoms with Gasteiger partial charge in [-0.15, -0.1) is 12.4 Å². The number of carboxylic acid groups (broad SMARTS) is 1. The molecule has 1 aromatic carbocycles. The maximum Gasteiger partial charge on any atom is 0.338 e. The van der Waals surface area contributed by atoms with E-state index >= 15 is 0 Å². The summed E-state index contributed by atoms with van der Waals surface area (Å²) < 4.78 is 0. The molecule has 20 heavy (non-hydrogen) atoms. The number of aromatic carboxylic acids is 1. The molecule has 2 aromatic rings. The average molecular weight is 293 g/mol. The molecule has 0 saturated heterocycles. The molecule has 1 N–H and O–H groups in total. The summed E-state index contributed by atoms with van der Waals surface area (Å²) in [7, 11) is 0. The topological polar surface area (TPSA) is 63.1 Å². The summed E-state index contributed by atoms with van der Waals surface area (Å²) in [6, 6.07) is 8.08. The van der Waals surface area contributed by atoms with Crippen molar-refractivity contribution in [3.05, 3.63) is 47.8 Å². The molecule has 0 saturated carbocycles. The third-order valence-electron chi connectivity index (χ3n) is 2.93. The van der Waals surface area contributed by atoms with Crippen molar-refractivity contribution in [2.45, 2.75) is 26.2 Å². The molecule has 106 valence electrons. The van der Waals surface area contributed by atoms with Gasteiger partial charge in [0, 0.05) is 18.0 Å². The van der Waals surface area contributed by atoms with Gasteiger partial charge in [-0.1, -0.05) is 37.6 Å². The van der Waals surface area contributed by atoms with Gasteiger partial charge in [0.1, 0.15) is 0 Å². The molecule has 0 fully saturated rings. The van der Waals surface area contributed by atoms with Crippen molar-refractivity contribution < 1.29 is 9.90 Å². The van der Waals surface area contributed by atoms with E-state index in [1.165, 1.54) is 30.8 Å². The Morgan fingerprint density at radius 2 is 1.75 bits per heavy atom. The van der Waals surface area contributed by atoms with Crippen LogP contribution < -0.4 is 0 Å². The van der Waals surface area contributed by atoms with E-state index < -0.39 is 5.97 Å². The second-order valence-electron chi connectivity index (χ2n) is 4.40. The van der Waals surface area contributed by atoms with Crippen LogP contribution in [0.1, 0.15) is 35.7 Å². The number of carbonyl (C=O) groups is 1. The molecule has 0 bridgehead atoms. The third kappa shape index (κ3) is 4.03. The van der Waals surface area contributed by atoms with Gasteiger partial charge in [-0.05, 0) is 18.4 Å². The Hall–Kier alpha value is -1.94. The summed E-state index contributed by atoms with van der Waals surface area (Å²) in [5.41, 5.74) is 2.30. The first-order chi connectivity index (χ1) is 9.20. The van der Waals surface area contributed by atoms with Crippen LogP contribution in [0.4, 0.5) is 0 Å². The second-order valence-corrected chi connectivity index (χ2v) is 4.40. The lowest BCUT2D eigenvalue weighted by Crippen LogP contribution is -1.99. The largest absolute Gasteiger partial charge is 0.478 e. The minimum atomic E-state index is -1.01. The molecule has 0 atom stereocenters. The lowest BCUT2D eigenvalue weighted by molar-refractivity contribution is 0.0696. The van der Waals surface area contributed by atoms with Gasteiger partial charge in [-0.3, -0.25) is 0 Å². The Balaban J connectivity index is 0.00000200. The van der Waals surface area contributed by atoms with E-state index in [-0.39, 0.29) is 18.0 Å². The monoisotopic (exact) mass is 292 g/mol. The van der Waals surface area contributed by atoms with Crippen LogP contribution in [-0.4, -0.2) is 21.0 Å². The van der Waals surface area contributed by atoms with Crippen molar-refractivity contribution in [1.82, 2.24) is 9.97 Å². The summed E-state index contributed by atoms with van der Waals surface area (Å²) in [4.78, 5) is 18.9. The number of aromatic nitrogens is 2. The highest BCUT2D eigenvalue weighted by Gasteiger charge is 2.05. The van der Waals surface area contributed by atoms with Gasteiger partial charge in [0.05, 0.1) is 5.56 Å². The highest BCUT2D eigenvalue weighted by Crippen LogP contribution is 2.16. The fraction of sp³-hybridized carbons (Fsp3) is 0.267. The van der Waals surface area contributed by atoms with Crippen LogP contribution in [0.3, 0.4) is 0 Å². The molecule has 0 unspecified atom stereocenters. The highest BCUT2D eigenvalue weighted by molar-refractivity contribution is 5.86. The first-order valence-electron chi connectivity index (χ1n) is 6.35. The number of benzene rings is 1. The van der Waals surface area contributed by atoms with E-state index in [0.29, 0.717) is 5.82 Å². The lowest BCUT2D eigenvalue weighted by Gasteiger charge is -2.03. The summed E-state index contributed by atoms with van der Waals surface area (Å²) in [6.45, 7) is 2.17. The second kappa shape index (κ2) is 7.60. The molecule has 0 radical (unpaired) electrons. The first-order valence-corrected chi connectivity index (χ1v) is 6.35. The predicted octanol–water partition coefficient (Wildman–Crippen LogP) is 3.61. The van der Waals surface area contributed by atoms with Gasteiger partial charge >= 0.3 is 5.97 Å². The SMILES string of the molecule is CCCCc1ccc(-c2ncc(C(=O)O)cn2)cc1.Cl. The number of rotatable bonds is 5. The van der Waals surface area contributed by atoms with Gasteiger partial charge in [-0.2, -0.15) is 0 Å². The van der Waals surface area contributed by atoms with E-state index in [0.717, 1.165) is 12.0 Å². The Bertz CT molecular complexity index is 553. The summed E-state index contributed by atoms with van der Waals surface area (Å²) in [5, 5.41) is 8.79. The van der Waals surface area contributed by atoms with E-state index in [1.54, 1.807) is 0 Å². The van der Waals surface area contributed by atoms with E-state index in [9.17, 15) is 4.79 Å². The molecule has 0 spiro atoms. The number of hydrogen-bond acceptors (Lipinski definition) is 3. The molecule has 5 heteroatoms. The van der Waals surface area contributed by atoms with E-state index in [1.807, 2.05) is 12.1 Å². The molecule has 1 aromatic heterocycles. The van der Waals surface area contributed by atoms with Crippen molar-refractivity contribution in [2.75, 3.05) is 0 Å². The van der Waals surface area contributed by atoms with Crippen LogP contribution in [0.2, 0.25) is 0 Å². The van der Waals surface area contributed by atoms with Crippen molar-refractivity contribution in [1.29, 1.82) is 0 Å². The lowest BCUT2D eigenvalue weighted by atomic mass is 10.1. The Morgan fingerprint density at radius 1 is 1.15 bits per heavy atom. The summed E-state index contributed by atoms with van der Waals surface area (Å²) >= 11 is 0.